The number of piperidine rings is 1. The summed E-state index contributed by atoms with van der Waals surface area (Å²) in [5, 5.41) is 3.98. The Kier molecular flexibility index (Phi) is 6.94. The maximum Gasteiger partial charge on any atom is 0.246 e. The van der Waals surface area contributed by atoms with Gasteiger partial charge in [0.25, 0.3) is 0 Å². The van der Waals surface area contributed by atoms with Crippen LogP contribution in [0.25, 0.3) is 11.4 Å². The molecule has 1 aliphatic heterocycles. The van der Waals surface area contributed by atoms with Crippen LogP contribution in [0.4, 0.5) is 4.39 Å². The van der Waals surface area contributed by atoms with E-state index in [0.29, 0.717) is 31.0 Å². The van der Waals surface area contributed by atoms with Gasteiger partial charge >= 0.3 is 0 Å². The molecule has 0 N–H and O–H groups in total. The molecule has 34 heavy (non-hydrogen) atoms. The molecule has 1 unspecified atom stereocenters. The highest BCUT2D eigenvalue weighted by atomic mass is 32.2. The Morgan fingerprint density at radius 2 is 2.03 bits per heavy atom. The molecule has 3 aromatic rings. The highest BCUT2D eigenvalue weighted by Gasteiger charge is 2.34. The number of benzene rings is 2. The largest absolute Gasteiger partial charge is 0.497 e. The third-order valence-electron chi connectivity index (χ3n) is 5.73. The van der Waals surface area contributed by atoms with E-state index in [9.17, 15) is 17.6 Å². The van der Waals surface area contributed by atoms with E-state index in [-0.39, 0.29) is 29.8 Å². The van der Waals surface area contributed by atoms with E-state index in [2.05, 4.69) is 10.1 Å². The fraction of sp³-hybridized carbons (Fsp3) is 0.348. The summed E-state index contributed by atoms with van der Waals surface area (Å²) in [4.78, 5) is 18.9. The van der Waals surface area contributed by atoms with Gasteiger partial charge in [-0.25, -0.2) is 12.8 Å². The summed E-state index contributed by atoms with van der Waals surface area (Å²) >= 11 is 0. The lowest BCUT2D eigenvalue weighted by Gasteiger charge is -2.33. The Balaban J connectivity index is 1.41. The molecule has 1 aliphatic rings. The van der Waals surface area contributed by atoms with Crippen LogP contribution >= 0.6 is 0 Å². The van der Waals surface area contributed by atoms with Crippen LogP contribution in [-0.4, -0.2) is 60.9 Å². The number of ether oxygens (including phenoxy) is 1. The van der Waals surface area contributed by atoms with Gasteiger partial charge in [0, 0.05) is 25.7 Å². The molecule has 2 aromatic carbocycles. The van der Waals surface area contributed by atoms with Crippen LogP contribution in [0, 0.1) is 11.7 Å². The van der Waals surface area contributed by atoms with Gasteiger partial charge < -0.3 is 14.2 Å². The molecular weight excluding hydrogens is 463 g/mol. The molecule has 4 rings (SSSR count). The SMILES string of the molecule is COc1cccc(-c2noc(CN(C)C(=O)C3CCCN(S(=O)(=O)c4ccc(F)cc4)C3)n2)c1. The summed E-state index contributed by atoms with van der Waals surface area (Å²) in [5.41, 5.74) is 0.720. The van der Waals surface area contributed by atoms with E-state index < -0.39 is 21.8 Å². The van der Waals surface area contributed by atoms with Crippen molar-refractivity contribution < 1.29 is 26.9 Å². The van der Waals surface area contributed by atoms with E-state index >= 15 is 0 Å². The maximum atomic E-state index is 13.2. The van der Waals surface area contributed by atoms with Crippen molar-refractivity contribution in [3.05, 3.63) is 60.2 Å². The minimum Gasteiger partial charge on any atom is -0.497 e. The molecule has 1 amide bonds. The zero-order valence-corrected chi connectivity index (χ0v) is 19.7. The van der Waals surface area contributed by atoms with Gasteiger partial charge in [-0.2, -0.15) is 9.29 Å². The van der Waals surface area contributed by atoms with Crippen LogP contribution in [0.2, 0.25) is 0 Å². The number of carbonyl (C=O) groups excluding carboxylic acids is 1. The fourth-order valence-electron chi connectivity index (χ4n) is 3.91. The molecule has 180 valence electrons. The number of nitrogens with zero attached hydrogens (tertiary/aromatic N) is 4. The molecule has 1 fully saturated rings. The van der Waals surface area contributed by atoms with E-state index in [1.54, 1.807) is 26.3 Å². The average molecular weight is 489 g/mol. The first-order valence-corrected chi connectivity index (χ1v) is 12.2. The van der Waals surface area contributed by atoms with Crippen molar-refractivity contribution in [2.45, 2.75) is 24.3 Å². The van der Waals surface area contributed by atoms with Gasteiger partial charge in [0.15, 0.2) is 0 Å². The van der Waals surface area contributed by atoms with Crippen LogP contribution in [0.1, 0.15) is 18.7 Å². The van der Waals surface area contributed by atoms with Crippen LogP contribution in [0.3, 0.4) is 0 Å². The predicted octanol–water partition coefficient (Wildman–Crippen LogP) is 2.94. The van der Waals surface area contributed by atoms with Crippen molar-refractivity contribution in [2.24, 2.45) is 5.92 Å². The number of carbonyl (C=O) groups is 1. The number of amides is 1. The zero-order valence-electron chi connectivity index (χ0n) is 18.8. The standard InChI is InChI=1S/C23H25FN4O5S/c1-27(15-21-25-22(26-33-21)16-5-3-7-19(13-16)32-2)23(29)17-6-4-12-28(14-17)34(30,31)20-10-8-18(24)9-11-20/h3,5,7-11,13,17H,4,6,12,14-15H2,1-2H3. The Bertz CT molecular complexity index is 1260. The Morgan fingerprint density at radius 1 is 1.26 bits per heavy atom. The molecule has 0 saturated carbocycles. The summed E-state index contributed by atoms with van der Waals surface area (Å²) in [6.07, 6.45) is 1.11. The van der Waals surface area contributed by atoms with Crippen molar-refractivity contribution in [3.63, 3.8) is 0 Å². The van der Waals surface area contributed by atoms with Crippen LogP contribution in [-0.2, 0) is 21.4 Å². The van der Waals surface area contributed by atoms with Gasteiger partial charge in [0.1, 0.15) is 11.6 Å². The number of methoxy groups -OCH3 is 1. The second kappa shape index (κ2) is 9.90. The topological polar surface area (TPSA) is 106 Å². The number of halogens is 1. The van der Waals surface area contributed by atoms with Gasteiger partial charge in [0.05, 0.1) is 24.5 Å². The number of hydrogen-bond donors (Lipinski definition) is 0. The summed E-state index contributed by atoms with van der Waals surface area (Å²) in [6.45, 7) is 0.458. The summed E-state index contributed by atoms with van der Waals surface area (Å²) in [7, 11) is -0.634. The molecule has 1 saturated heterocycles. The lowest BCUT2D eigenvalue weighted by atomic mass is 9.98. The fourth-order valence-corrected chi connectivity index (χ4v) is 5.43. The van der Waals surface area contributed by atoms with E-state index in [1.807, 2.05) is 12.1 Å². The molecule has 1 atom stereocenters. The van der Waals surface area contributed by atoms with Crippen LogP contribution in [0.5, 0.6) is 5.75 Å². The third-order valence-corrected chi connectivity index (χ3v) is 7.61. The molecule has 11 heteroatoms. The lowest BCUT2D eigenvalue weighted by molar-refractivity contribution is -0.136. The minimum atomic E-state index is -3.82. The van der Waals surface area contributed by atoms with E-state index in [1.165, 1.54) is 21.3 Å². The molecule has 9 nitrogen and oxygen atoms in total. The summed E-state index contributed by atoms with van der Waals surface area (Å²) < 4.78 is 50.9. The number of rotatable bonds is 7. The summed E-state index contributed by atoms with van der Waals surface area (Å²) in [6, 6.07) is 11.9. The number of hydrogen-bond acceptors (Lipinski definition) is 7. The smallest absolute Gasteiger partial charge is 0.246 e. The second-order valence-electron chi connectivity index (χ2n) is 8.09. The number of sulfonamides is 1. The molecule has 1 aromatic heterocycles. The highest BCUT2D eigenvalue weighted by Crippen LogP contribution is 2.26. The predicted molar refractivity (Wildman–Crippen MR) is 121 cm³/mol. The van der Waals surface area contributed by atoms with Crippen molar-refractivity contribution >= 4 is 15.9 Å². The average Bonchev–Trinajstić information content (AvgIpc) is 3.32. The lowest BCUT2D eigenvalue weighted by Crippen LogP contribution is -2.45. The Morgan fingerprint density at radius 3 is 2.76 bits per heavy atom. The van der Waals surface area contributed by atoms with Gasteiger partial charge in [-0.15, -0.1) is 0 Å². The first kappa shape index (κ1) is 23.8. The normalized spacial score (nSPS) is 16.9. The van der Waals surface area contributed by atoms with Crippen molar-refractivity contribution in [1.82, 2.24) is 19.3 Å². The molecular formula is C23H25FN4O5S. The maximum absolute atomic E-state index is 13.2. The van der Waals surface area contributed by atoms with Crippen LogP contribution < -0.4 is 4.74 Å². The number of aromatic nitrogens is 2. The van der Waals surface area contributed by atoms with Gasteiger partial charge in [-0.3, -0.25) is 4.79 Å². The first-order chi connectivity index (χ1) is 16.3. The quantitative estimate of drug-likeness (QED) is 0.503. The van der Waals surface area contributed by atoms with Gasteiger partial charge in [0.2, 0.25) is 27.6 Å². The van der Waals surface area contributed by atoms with E-state index in [0.717, 1.165) is 17.7 Å². The van der Waals surface area contributed by atoms with Gasteiger partial charge in [-0.1, -0.05) is 17.3 Å². The molecule has 0 aliphatic carbocycles. The Labute approximate surface area is 197 Å². The molecule has 0 bridgehead atoms. The zero-order chi connectivity index (χ0) is 24.3. The monoisotopic (exact) mass is 488 g/mol. The minimum absolute atomic E-state index is 0.00582. The van der Waals surface area contributed by atoms with Crippen molar-refractivity contribution in [2.75, 3.05) is 27.2 Å². The van der Waals surface area contributed by atoms with E-state index in [4.69, 9.17) is 9.26 Å². The van der Waals surface area contributed by atoms with Crippen molar-refractivity contribution in [3.8, 4) is 17.1 Å². The highest BCUT2D eigenvalue weighted by molar-refractivity contribution is 7.89. The van der Waals surface area contributed by atoms with Crippen LogP contribution in [0.15, 0.2) is 57.9 Å². The molecule has 0 spiro atoms. The molecule has 2 heterocycles. The van der Waals surface area contributed by atoms with Gasteiger partial charge in [-0.05, 0) is 49.2 Å². The molecule has 0 radical (unpaired) electrons. The second-order valence-corrected chi connectivity index (χ2v) is 10.0. The summed E-state index contributed by atoms with van der Waals surface area (Å²) in [5.74, 6) is 0.0792. The van der Waals surface area contributed by atoms with Crippen molar-refractivity contribution in [1.29, 1.82) is 0 Å². The Hall–Kier alpha value is -3.31. The first-order valence-electron chi connectivity index (χ1n) is 10.8. The third kappa shape index (κ3) is 5.10.